The van der Waals surface area contributed by atoms with Gasteiger partial charge in [0.1, 0.15) is 5.82 Å². The Bertz CT molecular complexity index is 675. The highest BCUT2D eigenvalue weighted by atomic mass is 35.5. The van der Waals surface area contributed by atoms with Crippen molar-refractivity contribution in [2.24, 2.45) is 5.92 Å². The maximum atomic E-state index is 13.4. The van der Waals surface area contributed by atoms with Crippen LogP contribution < -0.4 is 5.43 Å². The van der Waals surface area contributed by atoms with E-state index in [-0.39, 0.29) is 16.4 Å². The van der Waals surface area contributed by atoms with Gasteiger partial charge in [0.15, 0.2) is 5.43 Å². The Labute approximate surface area is 109 Å². The summed E-state index contributed by atoms with van der Waals surface area (Å²) in [6.07, 6.45) is 3.90. The van der Waals surface area contributed by atoms with Gasteiger partial charge in [0, 0.05) is 17.1 Å². The third-order valence-corrected chi connectivity index (χ3v) is 3.83. The lowest BCUT2D eigenvalue weighted by Gasteiger charge is -2.10. The van der Waals surface area contributed by atoms with Gasteiger partial charge in [-0.15, -0.1) is 0 Å². The lowest BCUT2D eigenvalue weighted by Crippen LogP contribution is -2.14. The van der Waals surface area contributed by atoms with Crippen LogP contribution in [0.3, 0.4) is 0 Å². The van der Waals surface area contributed by atoms with Gasteiger partial charge in [-0.25, -0.2) is 4.39 Å². The lowest BCUT2D eigenvalue weighted by atomic mass is 9.96. The van der Waals surface area contributed by atoms with E-state index in [0.717, 1.165) is 12.8 Å². The fourth-order valence-corrected chi connectivity index (χ4v) is 2.42. The van der Waals surface area contributed by atoms with Crippen molar-refractivity contribution in [2.75, 3.05) is 0 Å². The zero-order valence-electron chi connectivity index (χ0n) is 9.67. The molecule has 2 aromatic rings. The average Bonchev–Trinajstić information content (AvgIpc) is 3.16. The highest BCUT2D eigenvalue weighted by molar-refractivity contribution is 6.31. The molecule has 2 nitrogen and oxygen atoms in total. The number of nitrogens with one attached hydrogen (secondary N) is 1. The number of aromatic amines is 1. The fraction of sp³-hybridized carbons (Fsp3) is 0.286. The molecule has 1 atom stereocenters. The van der Waals surface area contributed by atoms with Crippen molar-refractivity contribution in [2.45, 2.75) is 18.8 Å². The SMILES string of the molecule is [CH2]C(c1c[nH]c2cc(Cl)c(F)cc2c1=O)C1CC1. The second kappa shape index (κ2) is 4.09. The van der Waals surface area contributed by atoms with Crippen LogP contribution in [0.4, 0.5) is 4.39 Å². The van der Waals surface area contributed by atoms with Crippen LogP contribution in [0.1, 0.15) is 24.3 Å². The summed E-state index contributed by atoms with van der Waals surface area (Å²) in [5.74, 6) is -0.101. The van der Waals surface area contributed by atoms with Crippen LogP contribution in [-0.4, -0.2) is 4.98 Å². The van der Waals surface area contributed by atoms with Crippen LogP contribution in [-0.2, 0) is 0 Å². The molecule has 1 N–H and O–H groups in total. The Morgan fingerprint density at radius 2 is 2.17 bits per heavy atom. The number of fused-ring (bicyclic) bond motifs is 1. The van der Waals surface area contributed by atoms with Gasteiger partial charge in [0.2, 0.25) is 0 Å². The molecule has 1 radical (unpaired) electrons. The van der Waals surface area contributed by atoms with Gasteiger partial charge in [0.25, 0.3) is 0 Å². The molecule has 0 bridgehead atoms. The van der Waals surface area contributed by atoms with Crippen LogP contribution in [0, 0.1) is 18.7 Å². The number of hydrogen-bond acceptors (Lipinski definition) is 1. The molecule has 1 aliphatic carbocycles. The van der Waals surface area contributed by atoms with E-state index in [1.54, 1.807) is 6.20 Å². The van der Waals surface area contributed by atoms with Gasteiger partial charge in [-0.3, -0.25) is 4.79 Å². The second-order valence-corrected chi connectivity index (χ2v) is 5.24. The zero-order valence-corrected chi connectivity index (χ0v) is 10.4. The Balaban J connectivity index is 2.21. The van der Waals surface area contributed by atoms with E-state index in [4.69, 9.17) is 11.6 Å². The first-order valence-corrected chi connectivity index (χ1v) is 6.29. The average molecular weight is 265 g/mol. The van der Waals surface area contributed by atoms with Crippen molar-refractivity contribution in [1.82, 2.24) is 4.98 Å². The molecule has 0 amide bonds. The molecule has 1 aliphatic rings. The smallest absolute Gasteiger partial charge is 0.192 e. The summed E-state index contributed by atoms with van der Waals surface area (Å²) in [6, 6.07) is 2.63. The molecule has 1 heterocycles. The molecule has 4 heteroatoms. The third-order valence-electron chi connectivity index (χ3n) is 3.54. The minimum Gasteiger partial charge on any atom is -0.361 e. The number of pyridine rings is 1. The predicted octanol–water partition coefficient (Wildman–Crippen LogP) is 3.65. The molecular weight excluding hydrogens is 253 g/mol. The summed E-state index contributed by atoms with van der Waals surface area (Å²) >= 11 is 5.69. The van der Waals surface area contributed by atoms with Crippen molar-refractivity contribution in [3.8, 4) is 0 Å². The molecule has 1 saturated carbocycles. The van der Waals surface area contributed by atoms with E-state index in [0.29, 0.717) is 22.4 Å². The minimum absolute atomic E-state index is 0.0132. The van der Waals surface area contributed by atoms with Crippen LogP contribution in [0.5, 0.6) is 0 Å². The standard InChI is InChI=1S/C14H12ClFNO/c1-7(8-2-3-8)10-6-17-13-5-11(15)12(16)4-9(13)14(10)18/h4-8H,1-3H2,(H,17,18). The van der Waals surface area contributed by atoms with Gasteiger partial charge in [0.05, 0.1) is 10.5 Å². The highest BCUT2D eigenvalue weighted by Gasteiger charge is 2.30. The number of aromatic nitrogens is 1. The topological polar surface area (TPSA) is 32.9 Å². The first-order chi connectivity index (χ1) is 8.58. The van der Waals surface area contributed by atoms with E-state index in [1.807, 2.05) is 0 Å². The summed E-state index contributed by atoms with van der Waals surface area (Å²) in [4.78, 5) is 15.3. The first kappa shape index (κ1) is 11.7. The monoisotopic (exact) mass is 264 g/mol. The van der Waals surface area contributed by atoms with Gasteiger partial charge in [-0.05, 0) is 43.7 Å². The van der Waals surface area contributed by atoms with Crippen molar-refractivity contribution in [3.05, 3.63) is 51.9 Å². The summed E-state index contributed by atoms with van der Waals surface area (Å²) in [5.41, 5.74) is 1.04. The molecule has 0 aliphatic heterocycles. The van der Waals surface area contributed by atoms with E-state index < -0.39 is 5.82 Å². The third kappa shape index (κ3) is 1.83. The van der Waals surface area contributed by atoms with E-state index in [1.165, 1.54) is 12.1 Å². The van der Waals surface area contributed by atoms with Gasteiger partial charge < -0.3 is 4.98 Å². The van der Waals surface area contributed by atoms with Gasteiger partial charge >= 0.3 is 0 Å². The van der Waals surface area contributed by atoms with Crippen LogP contribution in [0.15, 0.2) is 23.1 Å². The molecule has 1 aromatic heterocycles. The summed E-state index contributed by atoms with van der Waals surface area (Å²) in [5, 5.41) is 0.350. The number of halogens is 2. The Hall–Kier alpha value is -1.35. The van der Waals surface area contributed by atoms with Crippen LogP contribution >= 0.6 is 11.6 Å². The van der Waals surface area contributed by atoms with E-state index >= 15 is 0 Å². The van der Waals surface area contributed by atoms with Crippen molar-refractivity contribution in [3.63, 3.8) is 0 Å². The first-order valence-electron chi connectivity index (χ1n) is 5.91. The largest absolute Gasteiger partial charge is 0.361 e. The number of benzene rings is 1. The minimum atomic E-state index is -0.571. The summed E-state index contributed by atoms with van der Waals surface area (Å²) in [6.45, 7) is 4.04. The highest BCUT2D eigenvalue weighted by Crippen LogP contribution is 2.41. The fourth-order valence-electron chi connectivity index (χ4n) is 2.26. The Morgan fingerprint density at radius 1 is 1.44 bits per heavy atom. The molecule has 1 unspecified atom stereocenters. The number of hydrogen-bond donors (Lipinski definition) is 1. The molecular formula is C14H12ClFNO. The van der Waals surface area contributed by atoms with E-state index in [2.05, 4.69) is 11.9 Å². The maximum absolute atomic E-state index is 13.4. The van der Waals surface area contributed by atoms with Gasteiger partial charge in [-0.1, -0.05) is 11.6 Å². The molecule has 0 spiro atoms. The zero-order chi connectivity index (χ0) is 12.9. The van der Waals surface area contributed by atoms with Crippen molar-refractivity contribution < 1.29 is 4.39 Å². The Kier molecular flexibility index (Phi) is 2.67. The van der Waals surface area contributed by atoms with E-state index in [9.17, 15) is 9.18 Å². The molecule has 1 fully saturated rings. The second-order valence-electron chi connectivity index (χ2n) is 4.83. The molecule has 0 saturated heterocycles. The summed E-state index contributed by atoms with van der Waals surface area (Å²) in [7, 11) is 0. The van der Waals surface area contributed by atoms with Crippen LogP contribution in [0.25, 0.3) is 10.9 Å². The molecule has 93 valence electrons. The van der Waals surface area contributed by atoms with Crippen molar-refractivity contribution >= 4 is 22.5 Å². The quantitative estimate of drug-likeness (QED) is 0.882. The number of H-pyrrole nitrogens is 1. The lowest BCUT2D eigenvalue weighted by molar-refractivity contribution is 0.630. The van der Waals surface area contributed by atoms with Crippen molar-refractivity contribution in [1.29, 1.82) is 0 Å². The predicted molar refractivity (Wildman–Crippen MR) is 70.4 cm³/mol. The molecule has 18 heavy (non-hydrogen) atoms. The van der Waals surface area contributed by atoms with Crippen LogP contribution in [0.2, 0.25) is 5.02 Å². The number of rotatable bonds is 2. The molecule has 3 rings (SSSR count). The Morgan fingerprint density at radius 3 is 2.83 bits per heavy atom. The molecule has 1 aromatic carbocycles. The van der Waals surface area contributed by atoms with Gasteiger partial charge in [-0.2, -0.15) is 0 Å². The normalized spacial score (nSPS) is 17.1. The maximum Gasteiger partial charge on any atom is 0.192 e. The summed E-state index contributed by atoms with van der Waals surface area (Å²) < 4.78 is 13.4.